The van der Waals surface area contributed by atoms with E-state index in [-0.39, 0.29) is 0 Å². The van der Waals surface area contributed by atoms with Crippen LogP contribution in [0, 0.1) is 0 Å². The molecule has 0 radical (unpaired) electrons. The van der Waals surface area contributed by atoms with Gasteiger partial charge in [0, 0.05) is 23.6 Å². The Morgan fingerprint density at radius 2 is 2.31 bits per heavy atom. The number of fused-ring (bicyclic) bond motifs is 1. The van der Waals surface area contributed by atoms with E-state index in [9.17, 15) is 0 Å². The van der Waals surface area contributed by atoms with Gasteiger partial charge in [0.05, 0.1) is 7.11 Å². The van der Waals surface area contributed by atoms with Gasteiger partial charge < -0.3 is 15.0 Å². The molecule has 2 heterocycles. The molecular formula is C13H16N2O. The van der Waals surface area contributed by atoms with Crippen LogP contribution in [0.15, 0.2) is 24.4 Å². The number of ether oxygens (including phenoxy) is 1. The van der Waals surface area contributed by atoms with E-state index in [4.69, 9.17) is 4.74 Å². The molecule has 0 bridgehead atoms. The molecule has 3 rings (SSSR count). The fourth-order valence-corrected chi connectivity index (χ4v) is 2.59. The van der Waals surface area contributed by atoms with Crippen molar-refractivity contribution in [3.05, 3.63) is 30.0 Å². The van der Waals surface area contributed by atoms with Crippen molar-refractivity contribution < 1.29 is 4.74 Å². The molecule has 1 saturated heterocycles. The summed E-state index contributed by atoms with van der Waals surface area (Å²) < 4.78 is 5.45. The molecule has 1 atom stereocenters. The lowest BCUT2D eigenvalue weighted by Gasteiger charge is -2.09. The number of aromatic amines is 1. The second-order valence-electron chi connectivity index (χ2n) is 4.32. The van der Waals surface area contributed by atoms with Crippen LogP contribution >= 0.6 is 0 Å². The van der Waals surface area contributed by atoms with Crippen molar-refractivity contribution >= 4 is 10.9 Å². The SMILES string of the molecule is COc1cccc2[nH]cc(C3CCNC3)c12. The van der Waals surface area contributed by atoms with Gasteiger partial charge in [-0.2, -0.15) is 0 Å². The minimum Gasteiger partial charge on any atom is -0.496 e. The highest BCUT2D eigenvalue weighted by molar-refractivity contribution is 5.89. The highest BCUT2D eigenvalue weighted by atomic mass is 16.5. The third kappa shape index (κ3) is 1.39. The first-order valence-corrected chi connectivity index (χ1v) is 5.75. The van der Waals surface area contributed by atoms with Crippen molar-refractivity contribution in [3.63, 3.8) is 0 Å². The zero-order valence-electron chi connectivity index (χ0n) is 9.42. The fourth-order valence-electron chi connectivity index (χ4n) is 2.59. The minimum atomic E-state index is 0.616. The third-order valence-electron chi connectivity index (χ3n) is 3.42. The van der Waals surface area contributed by atoms with E-state index in [1.54, 1.807) is 7.11 Å². The highest BCUT2D eigenvalue weighted by Crippen LogP contribution is 2.35. The van der Waals surface area contributed by atoms with Gasteiger partial charge in [0.25, 0.3) is 0 Å². The minimum absolute atomic E-state index is 0.616. The molecule has 0 aliphatic carbocycles. The van der Waals surface area contributed by atoms with Gasteiger partial charge >= 0.3 is 0 Å². The van der Waals surface area contributed by atoms with Crippen LogP contribution < -0.4 is 10.1 Å². The Balaban J connectivity index is 2.16. The predicted octanol–water partition coefficient (Wildman–Crippen LogP) is 2.25. The largest absolute Gasteiger partial charge is 0.496 e. The van der Waals surface area contributed by atoms with Crippen LogP contribution in [0.3, 0.4) is 0 Å². The molecule has 2 aromatic rings. The Labute approximate surface area is 94.8 Å². The lowest BCUT2D eigenvalue weighted by molar-refractivity contribution is 0.419. The molecule has 2 N–H and O–H groups in total. The number of rotatable bonds is 2. The van der Waals surface area contributed by atoms with Crippen molar-refractivity contribution in [1.82, 2.24) is 10.3 Å². The van der Waals surface area contributed by atoms with Crippen LogP contribution in [0.5, 0.6) is 5.75 Å². The van der Waals surface area contributed by atoms with E-state index in [1.807, 2.05) is 12.1 Å². The first-order chi connectivity index (χ1) is 7.90. The van der Waals surface area contributed by atoms with Crippen molar-refractivity contribution in [2.45, 2.75) is 12.3 Å². The van der Waals surface area contributed by atoms with Gasteiger partial charge in [0.1, 0.15) is 5.75 Å². The summed E-state index contributed by atoms with van der Waals surface area (Å²) in [7, 11) is 1.73. The zero-order valence-corrected chi connectivity index (χ0v) is 9.42. The van der Waals surface area contributed by atoms with Gasteiger partial charge in [-0.15, -0.1) is 0 Å². The zero-order chi connectivity index (χ0) is 11.0. The Morgan fingerprint density at radius 1 is 1.38 bits per heavy atom. The van der Waals surface area contributed by atoms with Crippen molar-refractivity contribution in [1.29, 1.82) is 0 Å². The Bertz CT molecular complexity index is 498. The van der Waals surface area contributed by atoms with Gasteiger partial charge in [-0.1, -0.05) is 6.07 Å². The normalized spacial score (nSPS) is 20.4. The Morgan fingerprint density at radius 3 is 3.06 bits per heavy atom. The topological polar surface area (TPSA) is 37.0 Å². The summed E-state index contributed by atoms with van der Waals surface area (Å²) in [6, 6.07) is 6.15. The number of H-pyrrole nitrogens is 1. The number of nitrogens with one attached hydrogen (secondary N) is 2. The lowest BCUT2D eigenvalue weighted by atomic mass is 9.97. The second-order valence-corrected chi connectivity index (χ2v) is 4.32. The van der Waals surface area contributed by atoms with Crippen LogP contribution in [0.1, 0.15) is 17.9 Å². The van der Waals surface area contributed by atoms with Crippen LogP contribution in [-0.2, 0) is 0 Å². The Kier molecular flexibility index (Phi) is 2.33. The van der Waals surface area contributed by atoms with E-state index in [1.165, 1.54) is 22.9 Å². The number of benzene rings is 1. The lowest BCUT2D eigenvalue weighted by Crippen LogP contribution is -2.07. The van der Waals surface area contributed by atoms with Crippen LogP contribution in [0.25, 0.3) is 10.9 Å². The number of hydrogen-bond acceptors (Lipinski definition) is 2. The smallest absolute Gasteiger partial charge is 0.128 e. The van der Waals surface area contributed by atoms with Crippen molar-refractivity contribution in [2.24, 2.45) is 0 Å². The van der Waals surface area contributed by atoms with E-state index >= 15 is 0 Å². The van der Waals surface area contributed by atoms with E-state index in [0.717, 1.165) is 18.8 Å². The molecule has 3 heteroatoms. The first kappa shape index (κ1) is 9.73. The summed E-state index contributed by atoms with van der Waals surface area (Å²) in [5.41, 5.74) is 2.55. The van der Waals surface area contributed by atoms with Crippen molar-refractivity contribution in [2.75, 3.05) is 20.2 Å². The number of aromatic nitrogens is 1. The molecule has 0 spiro atoms. The molecule has 3 nitrogen and oxygen atoms in total. The van der Waals surface area contributed by atoms with Gasteiger partial charge in [-0.05, 0) is 36.6 Å². The molecule has 0 saturated carbocycles. The van der Waals surface area contributed by atoms with Gasteiger partial charge in [-0.25, -0.2) is 0 Å². The Hall–Kier alpha value is -1.48. The standard InChI is InChI=1S/C13H16N2O/c1-16-12-4-2-3-11-13(12)10(8-15-11)9-5-6-14-7-9/h2-4,8-9,14-15H,5-7H2,1H3. The average Bonchev–Trinajstić information content (AvgIpc) is 2.96. The van der Waals surface area contributed by atoms with Crippen molar-refractivity contribution in [3.8, 4) is 5.75 Å². The molecule has 1 aliphatic heterocycles. The summed E-state index contributed by atoms with van der Waals surface area (Å²) in [6.45, 7) is 2.19. The quantitative estimate of drug-likeness (QED) is 0.808. The average molecular weight is 216 g/mol. The molecule has 84 valence electrons. The summed E-state index contributed by atoms with van der Waals surface area (Å²) in [6.07, 6.45) is 3.34. The third-order valence-corrected chi connectivity index (χ3v) is 3.42. The fraction of sp³-hybridized carbons (Fsp3) is 0.385. The molecule has 1 unspecified atom stereocenters. The number of hydrogen-bond donors (Lipinski definition) is 2. The summed E-state index contributed by atoms with van der Waals surface area (Å²) in [4.78, 5) is 3.33. The predicted molar refractivity (Wildman–Crippen MR) is 65.1 cm³/mol. The summed E-state index contributed by atoms with van der Waals surface area (Å²) in [5.74, 6) is 1.59. The molecular weight excluding hydrogens is 200 g/mol. The maximum absolute atomic E-state index is 5.45. The van der Waals surface area contributed by atoms with Gasteiger partial charge in [0.2, 0.25) is 0 Å². The first-order valence-electron chi connectivity index (χ1n) is 5.75. The maximum atomic E-state index is 5.45. The molecule has 1 aromatic heterocycles. The molecule has 0 amide bonds. The molecule has 16 heavy (non-hydrogen) atoms. The second kappa shape index (κ2) is 3.83. The van der Waals surface area contributed by atoms with E-state index < -0.39 is 0 Å². The maximum Gasteiger partial charge on any atom is 0.128 e. The monoisotopic (exact) mass is 216 g/mol. The van der Waals surface area contributed by atoms with Gasteiger partial charge in [-0.3, -0.25) is 0 Å². The summed E-state index contributed by atoms with van der Waals surface area (Å²) in [5, 5.41) is 4.66. The highest BCUT2D eigenvalue weighted by Gasteiger charge is 2.21. The van der Waals surface area contributed by atoms with Crippen LogP contribution in [0.4, 0.5) is 0 Å². The summed E-state index contributed by atoms with van der Waals surface area (Å²) >= 11 is 0. The molecule has 1 aromatic carbocycles. The molecule has 1 aliphatic rings. The van der Waals surface area contributed by atoms with E-state index in [0.29, 0.717) is 5.92 Å². The van der Waals surface area contributed by atoms with E-state index in [2.05, 4.69) is 22.6 Å². The number of methoxy groups -OCH3 is 1. The molecule has 1 fully saturated rings. The van der Waals surface area contributed by atoms with Gasteiger partial charge in [0.15, 0.2) is 0 Å². The van der Waals surface area contributed by atoms with Crippen LogP contribution in [0.2, 0.25) is 0 Å². The van der Waals surface area contributed by atoms with Crippen LogP contribution in [-0.4, -0.2) is 25.2 Å².